The molecule has 1 aromatic heterocycles. The van der Waals surface area contributed by atoms with Crippen LogP contribution in [-0.4, -0.2) is 31.7 Å². The molecule has 0 aliphatic rings. The number of pyridine rings is 1. The van der Waals surface area contributed by atoms with E-state index in [1.165, 1.54) is 11.6 Å². The van der Waals surface area contributed by atoms with Crippen molar-refractivity contribution in [3.63, 3.8) is 0 Å². The molecule has 0 fully saturated rings. The number of sulfonamides is 1. The first-order valence-corrected chi connectivity index (χ1v) is 16.2. The maximum Gasteiger partial charge on any atom is 0.241 e. The predicted octanol–water partition coefficient (Wildman–Crippen LogP) is 8.48. The summed E-state index contributed by atoms with van der Waals surface area (Å²) in [6, 6.07) is 19.7. The quantitative estimate of drug-likeness (QED) is 0.118. The molecule has 0 bridgehead atoms. The summed E-state index contributed by atoms with van der Waals surface area (Å²) in [7, 11) is -3.95. The average molecular weight is 603 g/mol. The Labute approximate surface area is 255 Å². The van der Waals surface area contributed by atoms with E-state index in [0.717, 1.165) is 24.2 Å². The monoisotopic (exact) mass is 602 g/mol. The number of ether oxygens (including phenoxy) is 1. The molecule has 9 heteroatoms. The molecule has 3 aromatic carbocycles. The lowest BCUT2D eigenvalue weighted by Crippen LogP contribution is -2.26. The van der Waals surface area contributed by atoms with Crippen molar-refractivity contribution in [2.75, 3.05) is 13.2 Å². The van der Waals surface area contributed by atoms with Crippen LogP contribution in [0.2, 0.25) is 0 Å². The van der Waals surface area contributed by atoms with Gasteiger partial charge in [0.25, 0.3) is 0 Å². The number of phenolic OH excluding ortho intramolecular Hbond substituents is 1. The Morgan fingerprint density at radius 1 is 0.884 bits per heavy atom. The zero-order valence-electron chi connectivity index (χ0n) is 25.9. The highest BCUT2D eigenvalue weighted by Gasteiger charge is 2.27. The number of hydrogen-bond acceptors (Lipinski definition) is 7. The van der Waals surface area contributed by atoms with Gasteiger partial charge >= 0.3 is 0 Å². The third-order valence-electron chi connectivity index (χ3n) is 8.29. The highest BCUT2D eigenvalue weighted by Crippen LogP contribution is 2.40. The minimum absolute atomic E-state index is 0.0119. The smallest absolute Gasteiger partial charge is 0.241 e. The lowest BCUT2D eigenvalue weighted by molar-refractivity contribution is 0.300. The Kier molecular flexibility index (Phi) is 9.87. The van der Waals surface area contributed by atoms with Crippen LogP contribution in [0.15, 0.2) is 88.1 Å². The van der Waals surface area contributed by atoms with Crippen LogP contribution < -0.4 is 9.46 Å². The van der Waals surface area contributed by atoms with Crippen LogP contribution in [0.3, 0.4) is 0 Å². The molecule has 0 radical (unpaired) electrons. The number of phenols is 1. The van der Waals surface area contributed by atoms with E-state index in [0.29, 0.717) is 29.6 Å². The fourth-order valence-electron chi connectivity index (χ4n) is 4.67. The minimum atomic E-state index is -3.95. The van der Waals surface area contributed by atoms with Crippen molar-refractivity contribution in [1.29, 1.82) is 0 Å². The Morgan fingerprint density at radius 3 is 2.26 bits per heavy atom. The molecule has 2 N–H and O–H groups in total. The second-order valence-electron chi connectivity index (χ2n) is 12.0. The Bertz CT molecular complexity index is 1700. The molecule has 0 saturated heterocycles. The second-order valence-corrected chi connectivity index (χ2v) is 13.7. The number of hydrogen-bond donors (Lipinski definition) is 2. The Balaban J connectivity index is 1.50. The molecule has 43 heavy (non-hydrogen) atoms. The maximum atomic E-state index is 13.5. The molecule has 0 atom stereocenters. The molecule has 0 unspecified atom stereocenters. The van der Waals surface area contributed by atoms with Crippen LogP contribution in [0.1, 0.15) is 71.9 Å². The fourth-order valence-corrected chi connectivity index (χ4v) is 5.97. The third kappa shape index (κ3) is 7.40. The van der Waals surface area contributed by atoms with Gasteiger partial charge in [-0.25, -0.2) is 18.1 Å². The van der Waals surface area contributed by atoms with Crippen LogP contribution in [0.4, 0.5) is 11.5 Å². The van der Waals surface area contributed by atoms with Gasteiger partial charge in [-0.15, -0.1) is 10.2 Å². The zero-order valence-corrected chi connectivity index (χ0v) is 26.7. The van der Waals surface area contributed by atoms with Crippen LogP contribution in [0.25, 0.3) is 10.8 Å². The summed E-state index contributed by atoms with van der Waals surface area (Å²) in [5, 5.41) is 19.8. The number of azo groups is 1. The van der Waals surface area contributed by atoms with Gasteiger partial charge in [0.15, 0.2) is 11.6 Å². The van der Waals surface area contributed by atoms with Crippen molar-refractivity contribution < 1.29 is 18.3 Å². The molecule has 8 nitrogen and oxygen atoms in total. The van der Waals surface area contributed by atoms with E-state index >= 15 is 0 Å². The number of rotatable bonds is 13. The van der Waals surface area contributed by atoms with Gasteiger partial charge in [0.1, 0.15) is 11.4 Å². The van der Waals surface area contributed by atoms with E-state index in [9.17, 15) is 13.5 Å². The Morgan fingerprint density at radius 2 is 1.58 bits per heavy atom. The second kappa shape index (κ2) is 13.2. The summed E-state index contributed by atoms with van der Waals surface area (Å²) in [6.45, 7) is 13.8. The first-order valence-electron chi connectivity index (χ1n) is 14.7. The van der Waals surface area contributed by atoms with Gasteiger partial charge in [-0.2, -0.15) is 0 Å². The molecule has 0 saturated carbocycles. The van der Waals surface area contributed by atoms with Gasteiger partial charge < -0.3 is 9.84 Å². The lowest BCUT2D eigenvalue weighted by atomic mass is 9.76. The molecule has 0 aliphatic heterocycles. The lowest BCUT2D eigenvalue weighted by Gasteiger charge is -2.30. The summed E-state index contributed by atoms with van der Waals surface area (Å²) >= 11 is 0. The molecule has 4 rings (SSSR count). The van der Waals surface area contributed by atoms with Crippen molar-refractivity contribution >= 4 is 32.3 Å². The van der Waals surface area contributed by atoms with Crippen LogP contribution in [0.5, 0.6) is 11.5 Å². The van der Waals surface area contributed by atoms with E-state index in [4.69, 9.17) is 4.74 Å². The van der Waals surface area contributed by atoms with E-state index < -0.39 is 10.0 Å². The standard InChI is InChI=1S/C34H42N4O4S/c1-7-33(3,4)24-17-18-29(27(22-24)34(5,6)8-2)42-21-13-20-36-43(40,41)30-23-28(37-38-31-16-11-12-19-35-31)32(39)26-15-10-9-14-25(26)30/h9-12,14-19,22-23,36,39H,7-8,13,20-21H2,1-6H3/b38-37+. The largest absolute Gasteiger partial charge is 0.505 e. The van der Waals surface area contributed by atoms with E-state index in [-0.39, 0.29) is 33.7 Å². The molecule has 228 valence electrons. The number of aromatic hydroxyl groups is 1. The Hall–Kier alpha value is -3.82. The van der Waals surface area contributed by atoms with Crippen LogP contribution >= 0.6 is 0 Å². The van der Waals surface area contributed by atoms with Crippen LogP contribution in [0, 0.1) is 0 Å². The van der Waals surface area contributed by atoms with Crippen molar-refractivity contribution in [3.05, 3.63) is 84.1 Å². The van der Waals surface area contributed by atoms with Gasteiger partial charge in [-0.3, -0.25) is 0 Å². The highest BCUT2D eigenvalue weighted by molar-refractivity contribution is 7.89. The molecule has 4 aromatic rings. The zero-order chi connectivity index (χ0) is 31.3. The molecular weight excluding hydrogens is 560 g/mol. The van der Waals surface area contributed by atoms with E-state index in [1.807, 2.05) is 6.07 Å². The van der Waals surface area contributed by atoms with Crippen molar-refractivity contribution in [2.45, 2.75) is 76.5 Å². The normalized spacial score (nSPS) is 12.7. The summed E-state index contributed by atoms with van der Waals surface area (Å²) in [5.41, 5.74) is 2.48. The topological polar surface area (TPSA) is 113 Å². The molecule has 1 heterocycles. The molecule has 0 aliphatic carbocycles. The summed E-state index contributed by atoms with van der Waals surface area (Å²) < 4.78 is 35.9. The summed E-state index contributed by atoms with van der Waals surface area (Å²) in [6.07, 6.45) is 4.04. The van der Waals surface area contributed by atoms with Gasteiger partial charge in [0.2, 0.25) is 10.0 Å². The van der Waals surface area contributed by atoms with Crippen molar-refractivity contribution in [2.24, 2.45) is 10.2 Å². The SMILES string of the molecule is CCC(C)(C)c1ccc(OCCCNS(=O)(=O)c2cc(/N=N/c3ccccn3)c(O)c3ccccc23)c(C(C)(C)CC)c1. The molecule has 0 spiro atoms. The van der Waals surface area contributed by atoms with Gasteiger partial charge in [0, 0.05) is 29.1 Å². The number of nitrogens with one attached hydrogen (secondary N) is 1. The van der Waals surface area contributed by atoms with Crippen LogP contribution in [-0.2, 0) is 20.9 Å². The first-order chi connectivity index (χ1) is 20.4. The first kappa shape index (κ1) is 32.1. The van der Waals surface area contributed by atoms with E-state index in [2.05, 4.69) is 73.6 Å². The molecular formula is C34H42N4O4S. The number of fused-ring (bicyclic) bond motifs is 1. The number of aromatic nitrogens is 1. The van der Waals surface area contributed by atoms with Crippen molar-refractivity contribution in [3.8, 4) is 11.5 Å². The highest BCUT2D eigenvalue weighted by atomic mass is 32.2. The fraction of sp³-hybridized carbons (Fsp3) is 0.382. The summed E-state index contributed by atoms with van der Waals surface area (Å²) in [4.78, 5) is 4.11. The van der Waals surface area contributed by atoms with Gasteiger partial charge in [-0.1, -0.05) is 84.0 Å². The number of nitrogens with zero attached hydrogens (tertiary/aromatic N) is 3. The summed E-state index contributed by atoms with van der Waals surface area (Å²) in [5.74, 6) is 1.02. The van der Waals surface area contributed by atoms with Gasteiger partial charge in [0.05, 0.1) is 11.5 Å². The third-order valence-corrected chi connectivity index (χ3v) is 9.79. The average Bonchev–Trinajstić information content (AvgIpc) is 3.01. The predicted molar refractivity (Wildman–Crippen MR) is 172 cm³/mol. The minimum Gasteiger partial charge on any atom is -0.505 e. The van der Waals surface area contributed by atoms with E-state index in [1.54, 1.807) is 48.7 Å². The van der Waals surface area contributed by atoms with Gasteiger partial charge in [-0.05, 0) is 59.9 Å². The number of benzene rings is 3. The van der Waals surface area contributed by atoms with Crippen molar-refractivity contribution in [1.82, 2.24) is 9.71 Å². The maximum absolute atomic E-state index is 13.5. The molecule has 0 amide bonds.